The van der Waals surface area contributed by atoms with Gasteiger partial charge in [-0.25, -0.2) is 0 Å². The number of nitrogens with one attached hydrogen (secondary N) is 1. The molecule has 0 fully saturated rings. The van der Waals surface area contributed by atoms with Gasteiger partial charge in [-0.1, -0.05) is 54.0 Å². The summed E-state index contributed by atoms with van der Waals surface area (Å²) in [6, 6.07) is 14.8. The summed E-state index contributed by atoms with van der Waals surface area (Å²) in [6.45, 7) is 7.31. The topological polar surface area (TPSA) is 61.9 Å². The van der Waals surface area contributed by atoms with Gasteiger partial charge in [0.1, 0.15) is 6.54 Å². The summed E-state index contributed by atoms with van der Waals surface area (Å²) in [4.78, 5) is 29.4. The minimum atomic E-state index is -0.340. The molecule has 0 unspecified atom stereocenters. The van der Waals surface area contributed by atoms with Gasteiger partial charge < -0.3 is 15.0 Å². The molecule has 0 aromatic heterocycles. The zero-order valence-corrected chi connectivity index (χ0v) is 18.8. The summed E-state index contributed by atoms with van der Waals surface area (Å²) in [5, 5.41) is 2.91. The van der Waals surface area contributed by atoms with Crippen molar-refractivity contribution < 1.29 is 14.3 Å². The van der Waals surface area contributed by atoms with E-state index in [1.54, 1.807) is 18.2 Å². The summed E-state index contributed by atoms with van der Waals surface area (Å²) in [6.07, 6.45) is 1.69. The van der Waals surface area contributed by atoms with Crippen LogP contribution in [0.4, 0.5) is 5.69 Å². The average molecular weight is 472 g/mol. The highest BCUT2D eigenvalue weighted by molar-refractivity contribution is 9.10. The predicted molar refractivity (Wildman–Crippen MR) is 122 cm³/mol. The van der Waals surface area contributed by atoms with E-state index in [-0.39, 0.29) is 24.1 Å². The van der Waals surface area contributed by atoms with Crippen molar-refractivity contribution >= 4 is 39.5 Å². The maximum atomic E-state index is 13.1. The van der Waals surface area contributed by atoms with Gasteiger partial charge in [0.2, 0.25) is 5.91 Å². The average Bonchev–Trinajstić information content (AvgIpc) is 2.74. The van der Waals surface area contributed by atoms with E-state index in [4.69, 9.17) is 4.74 Å². The number of para-hydroxylation sites is 2. The Morgan fingerprint density at radius 3 is 2.67 bits per heavy atom. The molecule has 0 saturated carbocycles. The molecule has 2 amide bonds. The van der Waals surface area contributed by atoms with Crippen LogP contribution >= 0.6 is 15.9 Å². The molecule has 3 rings (SSSR count). The number of halogens is 1. The van der Waals surface area contributed by atoms with Crippen molar-refractivity contribution in [3.8, 4) is 5.75 Å². The molecule has 7 heteroatoms. The number of benzene rings is 2. The number of ether oxygens (including phenoxy) is 1. The first-order valence-corrected chi connectivity index (χ1v) is 10.9. The van der Waals surface area contributed by atoms with Gasteiger partial charge >= 0.3 is 0 Å². The van der Waals surface area contributed by atoms with Crippen LogP contribution in [0.2, 0.25) is 0 Å². The molecule has 0 spiro atoms. The summed E-state index contributed by atoms with van der Waals surface area (Å²) in [5.74, 6) is 0.193. The highest BCUT2D eigenvalue weighted by atomic mass is 79.9. The van der Waals surface area contributed by atoms with E-state index in [0.717, 1.165) is 29.7 Å². The number of carbonyl (C=O) groups excluding carboxylic acids is 2. The SMILES string of the molecule is CCN(CC)CCNC(=O)CN1C(=O)C(=Cc2cccc(Br)c2)Oc2ccccc21. The van der Waals surface area contributed by atoms with Gasteiger partial charge in [-0.05, 0) is 49.0 Å². The van der Waals surface area contributed by atoms with E-state index < -0.39 is 0 Å². The van der Waals surface area contributed by atoms with Crippen molar-refractivity contribution in [1.29, 1.82) is 0 Å². The number of nitrogens with zero attached hydrogens (tertiary/aromatic N) is 2. The van der Waals surface area contributed by atoms with E-state index in [1.807, 2.05) is 36.4 Å². The zero-order chi connectivity index (χ0) is 21.5. The Morgan fingerprint density at radius 1 is 1.17 bits per heavy atom. The molecule has 0 bridgehead atoms. The van der Waals surface area contributed by atoms with Gasteiger partial charge in [0, 0.05) is 17.6 Å². The molecule has 0 atom stereocenters. The molecule has 2 aromatic rings. The molecule has 0 radical (unpaired) electrons. The molecule has 158 valence electrons. The zero-order valence-electron chi connectivity index (χ0n) is 17.2. The highest BCUT2D eigenvalue weighted by Crippen LogP contribution is 2.35. The maximum Gasteiger partial charge on any atom is 0.294 e. The second-order valence-corrected chi connectivity index (χ2v) is 7.82. The molecule has 30 heavy (non-hydrogen) atoms. The van der Waals surface area contributed by atoms with E-state index in [9.17, 15) is 9.59 Å². The Kier molecular flexibility index (Phi) is 7.65. The van der Waals surface area contributed by atoms with Gasteiger partial charge in [0.15, 0.2) is 11.5 Å². The molecule has 0 aliphatic carbocycles. The second-order valence-electron chi connectivity index (χ2n) is 6.90. The van der Waals surface area contributed by atoms with Crippen LogP contribution in [0.15, 0.2) is 58.8 Å². The van der Waals surface area contributed by atoms with Gasteiger partial charge in [0.25, 0.3) is 5.91 Å². The number of carbonyl (C=O) groups is 2. The van der Waals surface area contributed by atoms with Crippen LogP contribution in [-0.4, -0.2) is 49.4 Å². The number of hydrogen-bond donors (Lipinski definition) is 1. The largest absolute Gasteiger partial charge is 0.449 e. The monoisotopic (exact) mass is 471 g/mol. The molecule has 1 N–H and O–H groups in total. The van der Waals surface area contributed by atoms with Crippen LogP contribution in [0, 0.1) is 0 Å². The summed E-state index contributed by atoms with van der Waals surface area (Å²) < 4.78 is 6.77. The van der Waals surface area contributed by atoms with Crippen LogP contribution in [0.1, 0.15) is 19.4 Å². The fourth-order valence-electron chi connectivity index (χ4n) is 3.26. The van der Waals surface area contributed by atoms with Crippen molar-refractivity contribution in [2.24, 2.45) is 0 Å². The molecular formula is C23H26BrN3O3. The van der Waals surface area contributed by atoms with Crippen molar-refractivity contribution in [3.63, 3.8) is 0 Å². The van der Waals surface area contributed by atoms with Crippen LogP contribution in [0.3, 0.4) is 0 Å². The van der Waals surface area contributed by atoms with Gasteiger partial charge in [-0.15, -0.1) is 0 Å². The summed E-state index contributed by atoms with van der Waals surface area (Å²) in [7, 11) is 0. The first-order valence-electron chi connectivity index (χ1n) is 10.1. The molecule has 1 heterocycles. The minimum Gasteiger partial charge on any atom is -0.449 e. The first-order chi connectivity index (χ1) is 14.5. The number of hydrogen-bond acceptors (Lipinski definition) is 4. The molecular weight excluding hydrogens is 446 g/mol. The highest BCUT2D eigenvalue weighted by Gasteiger charge is 2.31. The van der Waals surface area contributed by atoms with Crippen molar-refractivity contribution in [2.75, 3.05) is 37.6 Å². The van der Waals surface area contributed by atoms with Crippen LogP contribution in [0.25, 0.3) is 6.08 Å². The number of likely N-dealkylation sites (N-methyl/N-ethyl adjacent to an activating group) is 1. The lowest BCUT2D eigenvalue weighted by Gasteiger charge is -2.30. The number of rotatable bonds is 8. The van der Waals surface area contributed by atoms with Gasteiger partial charge in [0.05, 0.1) is 5.69 Å². The number of anilines is 1. The third-order valence-electron chi connectivity index (χ3n) is 4.92. The molecule has 0 saturated heterocycles. The minimum absolute atomic E-state index is 0.0622. The Morgan fingerprint density at radius 2 is 1.93 bits per heavy atom. The number of amides is 2. The van der Waals surface area contributed by atoms with Crippen molar-refractivity contribution in [1.82, 2.24) is 10.2 Å². The smallest absolute Gasteiger partial charge is 0.294 e. The standard InChI is InChI=1S/C23H26BrN3O3/c1-3-26(4-2)13-12-25-22(28)16-27-19-10-5-6-11-20(19)30-21(23(27)29)15-17-8-7-9-18(24)14-17/h5-11,14-15H,3-4,12-13,16H2,1-2H3,(H,25,28). The lowest BCUT2D eigenvalue weighted by Crippen LogP contribution is -2.45. The van der Waals surface area contributed by atoms with Crippen LogP contribution in [-0.2, 0) is 9.59 Å². The van der Waals surface area contributed by atoms with Crippen molar-refractivity contribution in [3.05, 3.63) is 64.3 Å². The first kappa shape index (κ1) is 22.1. The number of fused-ring (bicyclic) bond motifs is 1. The second kappa shape index (κ2) is 10.4. The molecule has 2 aromatic carbocycles. The lowest BCUT2D eigenvalue weighted by atomic mass is 10.1. The summed E-state index contributed by atoms with van der Waals surface area (Å²) in [5.41, 5.74) is 1.42. The normalized spacial score (nSPS) is 14.6. The Hall–Kier alpha value is -2.64. The van der Waals surface area contributed by atoms with E-state index in [0.29, 0.717) is 18.0 Å². The van der Waals surface area contributed by atoms with E-state index in [2.05, 4.69) is 40.0 Å². The lowest BCUT2D eigenvalue weighted by molar-refractivity contribution is -0.123. The van der Waals surface area contributed by atoms with Gasteiger partial charge in [-0.2, -0.15) is 0 Å². The Balaban J connectivity index is 1.77. The molecule has 1 aliphatic rings. The Labute approximate surface area is 185 Å². The van der Waals surface area contributed by atoms with Gasteiger partial charge in [-0.3, -0.25) is 14.5 Å². The molecule has 6 nitrogen and oxygen atoms in total. The van der Waals surface area contributed by atoms with Crippen molar-refractivity contribution in [2.45, 2.75) is 13.8 Å². The predicted octanol–water partition coefficient (Wildman–Crippen LogP) is 3.67. The third kappa shape index (κ3) is 5.49. The quantitative estimate of drug-likeness (QED) is 0.596. The van der Waals surface area contributed by atoms with Crippen LogP contribution in [0.5, 0.6) is 5.75 Å². The van der Waals surface area contributed by atoms with E-state index in [1.165, 1.54) is 4.90 Å². The maximum absolute atomic E-state index is 13.1. The fourth-order valence-corrected chi connectivity index (χ4v) is 3.68. The summed E-state index contributed by atoms with van der Waals surface area (Å²) >= 11 is 3.44. The van der Waals surface area contributed by atoms with Crippen LogP contribution < -0.4 is 15.0 Å². The fraction of sp³-hybridized carbons (Fsp3) is 0.304. The van der Waals surface area contributed by atoms with E-state index >= 15 is 0 Å². The third-order valence-corrected chi connectivity index (χ3v) is 5.42. The Bertz CT molecular complexity index is 941. The molecule has 1 aliphatic heterocycles.